The van der Waals surface area contributed by atoms with Crippen LogP contribution >= 0.6 is 0 Å². The van der Waals surface area contributed by atoms with Gasteiger partial charge in [0.05, 0.1) is 6.10 Å². The minimum Gasteiger partial charge on any atom is -0.367 e. The van der Waals surface area contributed by atoms with Crippen LogP contribution in [0.1, 0.15) is 25.7 Å². The summed E-state index contributed by atoms with van der Waals surface area (Å²) < 4.78 is 5.36. The monoisotopic (exact) mass is 126 g/mol. The van der Waals surface area contributed by atoms with Crippen molar-refractivity contribution in [2.75, 3.05) is 0 Å². The molecule has 50 valence electrons. The first-order chi connectivity index (χ1) is 4.36. The van der Waals surface area contributed by atoms with Gasteiger partial charge in [-0.05, 0) is 19.3 Å². The largest absolute Gasteiger partial charge is 0.367 e. The topological polar surface area (TPSA) is 26.3 Å². The van der Waals surface area contributed by atoms with Crippen molar-refractivity contribution in [3.05, 3.63) is 0 Å². The lowest BCUT2D eigenvalue weighted by atomic mass is 10.1. The van der Waals surface area contributed by atoms with E-state index in [1.165, 1.54) is 0 Å². The molecule has 2 rings (SSSR count). The van der Waals surface area contributed by atoms with Crippen molar-refractivity contribution in [2.24, 2.45) is 0 Å². The van der Waals surface area contributed by atoms with Gasteiger partial charge in [0.2, 0.25) is 0 Å². The van der Waals surface area contributed by atoms with Gasteiger partial charge in [0.25, 0.3) is 0 Å². The Hall–Kier alpha value is -0.370. The molecule has 2 heterocycles. The smallest absolute Gasteiger partial charge is 0.161 e. The molecule has 0 aromatic carbocycles. The van der Waals surface area contributed by atoms with Crippen LogP contribution in [0.2, 0.25) is 0 Å². The maximum Gasteiger partial charge on any atom is 0.161 e. The average molecular weight is 126 g/mol. The van der Waals surface area contributed by atoms with E-state index in [4.69, 9.17) is 4.74 Å². The number of carbonyl (C=O) groups is 1. The van der Waals surface area contributed by atoms with Crippen molar-refractivity contribution in [2.45, 2.75) is 37.9 Å². The van der Waals surface area contributed by atoms with E-state index in [0.717, 1.165) is 25.7 Å². The summed E-state index contributed by atoms with van der Waals surface area (Å²) in [5.41, 5.74) is 0. The van der Waals surface area contributed by atoms with Gasteiger partial charge in [0, 0.05) is 6.42 Å². The van der Waals surface area contributed by atoms with E-state index in [2.05, 4.69) is 0 Å². The van der Waals surface area contributed by atoms with E-state index in [0.29, 0.717) is 11.9 Å². The van der Waals surface area contributed by atoms with Gasteiger partial charge in [0.15, 0.2) is 5.78 Å². The molecule has 2 fully saturated rings. The Morgan fingerprint density at radius 1 is 1.33 bits per heavy atom. The molecule has 2 nitrogen and oxygen atoms in total. The maximum atomic E-state index is 10.9. The highest BCUT2D eigenvalue weighted by molar-refractivity contribution is 5.84. The van der Waals surface area contributed by atoms with Crippen LogP contribution < -0.4 is 0 Å². The molecule has 0 N–H and O–H groups in total. The zero-order valence-electron chi connectivity index (χ0n) is 5.30. The molecule has 0 spiro atoms. The molecule has 0 aliphatic carbocycles. The molecule has 2 aliphatic rings. The second-order valence-corrected chi connectivity index (χ2v) is 2.83. The molecule has 2 aliphatic heterocycles. The third-order valence-electron chi connectivity index (χ3n) is 2.18. The lowest BCUT2D eigenvalue weighted by Crippen LogP contribution is -2.26. The first kappa shape index (κ1) is 5.42. The van der Waals surface area contributed by atoms with Gasteiger partial charge < -0.3 is 4.74 Å². The number of fused-ring (bicyclic) bond motifs is 2. The molecular weight excluding hydrogens is 116 g/mol. The Labute approximate surface area is 54.2 Å². The van der Waals surface area contributed by atoms with Crippen LogP contribution in [0.5, 0.6) is 0 Å². The van der Waals surface area contributed by atoms with Gasteiger partial charge in [-0.3, -0.25) is 4.79 Å². The molecule has 0 aromatic rings. The summed E-state index contributed by atoms with van der Waals surface area (Å²) in [5.74, 6) is 0.323. The van der Waals surface area contributed by atoms with Crippen LogP contribution in [0.25, 0.3) is 0 Å². The van der Waals surface area contributed by atoms with Crippen molar-refractivity contribution in [1.29, 1.82) is 0 Å². The zero-order valence-corrected chi connectivity index (χ0v) is 5.30. The summed E-state index contributed by atoms with van der Waals surface area (Å²) >= 11 is 0. The normalized spacial score (nSPS) is 41.6. The summed E-state index contributed by atoms with van der Waals surface area (Å²) in [6.07, 6.45) is 4.22. The molecule has 2 heteroatoms. The highest BCUT2D eigenvalue weighted by Crippen LogP contribution is 2.29. The van der Waals surface area contributed by atoms with E-state index >= 15 is 0 Å². The van der Waals surface area contributed by atoms with Crippen LogP contribution in [-0.4, -0.2) is 18.0 Å². The number of carbonyl (C=O) groups excluding carboxylic acids is 1. The van der Waals surface area contributed by atoms with Gasteiger partial charge in [-0.2, -0.15) is 0 Å². The summed E-state index contributed by atoms with van der Waals surface area (Å²) in [6.45, 7) is 0. The van der Waals surface area contributed by atoms with Crippen LogP contribution in [0.15, 0.2) is 0 Å². The van der Waals surface area contributed by atoms with Crippen LogP contribution in [-0.2, 0) is 9.53 Å². The molecule has 2 bridgehead atoms. The number of Topliss-reactive ketones (excluding diaryl/α,β-unsaturated/α-hetero) is 1. The van der Waals surface area contributed by atoms with Crippen molar-refractivity contribution in [1.82, 2.24) is 0 Å². The standard InChI is InChI=1S/C7H10O2/c8-6-3-1-5-2-4-7(6)9-5/h5,7H,1-4H2. The fraction of sp³-hybridized carbons (Fsp3) is 0.857. The quantitative estimate of drug-likeness (QED) is 0.482. The average Bonchev–Trinajstić information content (AvgIpc) is 2.25. The Bertz CT molecular complexity index is 142. The third-order valence-corrected chi connectivity index (χ3v) is 2.18. The lowest BCUT2D eigenvalue weighted by molar-refractivity contribution is -0.135. The summed E-state index contributed by atoms with van der Waals surface area (Å²) in [4.78, 5) is 10.9. The highest BCUT2D eigenvalue weighted by atomic mass is 16.5. The summed E-state index contributed by atoms with van der Waals surface area (Å²) in [5, 5.41) is 0. The molecule has 0 saturated carbocycles. The first-order valence-corrected chi connectivity index (χ1v) is 3.54. The second-order valence-electron chi connectivity index (χ2n) is 2.83. The number of hydrogen-bond acceptors (Lipinski definition) is 2. The summed E-state index contributed by atoms with van der Waals surface area (Å²) in [7, 11) is 0. The second kappa shape index (κ2) is 1.81. The predicted molar refractivity (Wildman–Crippen MR) is 32.1 cm³/mol. The number of rotatable bonds is 0. The van der Waals surface area contributed by atoms with Crippen molar-refractivity contribution in [3.63, 3.8) is 0 Å². The molecule has 0 radical (unpaired) electrons. The van der Waals surface area contributed by atoms with Crippen molar-refractivity contribution < 1.29 is 9.53 Å². The maximum absolute atomic E-state index is 10.9. The van der Waals surface area contributed by atoms with Crippen molar-refractivity contribution in [3.8, 4) is 0 Å². The Morgan fingerprint density at radius 3 is 3.00 bits per heavy atom. The fourth-order valence-electron chi connectivity index (χ4n) is 1.62. The van der Waals surface area contributed by atoms with Gasteiger partial charge in [0.1, 0.15) is 6.10 Å². The zero-order chi connectivity index (χ0) is 6.27. The van der Waals surface area contributed by atoms with E-state index in [9.17, 15) is 4.79 Å². The van der Waals surface area contributed by atoms with E-state index in [-0.39, 0.29) is 6.10 Å². The predicted octanol–water partition coefficient (Wildman–Crippen LogP) is 0.897. The minimum atomic E-state index is -0.0104. The van der Waals surface area contributed by atoms with E-state index < -0.39 is 0 Å². The van der Waals surface area contributed by atoms with Gasteiger partial charge in [-0.1, -0.05) is 0 Å². The van der Waals surface area contributed by atoms with Crippen LogP contribution in [0.3, 0.4) is 0 Å². The van der Waals surface area contributed by atoms with E-state index in [1.807, 2.05) is 0 Å². The van der Waals surface area contributed by atoms with Crippen LogP contribution in [0.4, 0.5) is 0 Å². The minimum absolute atomic E-state index is 0.0104. The molecule has 0 amide bonds. The molecule has 2 unspecified atom stereocenters. The highest BCUT2D eigenvalue weighted by Gasteiger charge is 2.34. The number of ether oxygens (including phenoxy) is 1. The molecule has 2 saturated heterocycles. The third kappa shape index (κ3) is 0.778. The van der Waals surface area contributed by atoms with E-state index in [1.54, 1.807) is 0 Å². The Morgan fingerprint density at radius 2 is 2.22 bits per heavy atom. The number of ketones is 1. The Kier molecular flexibility index (Phi) is 1.09. The molecular formula is C7H10O2. The van der Waals surface area contributed by atoms with Crippen LogP contribution in [0, 0.1) is 0 Å². The SMILES string of the molecule is O=C1CCC2CCC1O2. The molecule has 2 atom stereocenters. The fourth-order valence-corrected chi connectivity index (χ4v) is 1.62. The lowest BCUT2D eigenvalue weighted by Gasteiger charge is -2.17. The van der Waals surface area contributed by atoms with Gasteiger partial charge in [-0.15, -0.1) is 0 Å². The molecule has 0 aromatic heterocycles. The van der Waals surface area contributed by atoms with Gasteiger partial charge >= 0.3 is 0 Å². The summed E-state index contributed by atoms with van der Waals surface area (Å²) in [6, 6.07) is 0. The Balaban J connectivity index is 2.14. The van der Waals surface area contributed by atoms with Gasteiger partial charge in [-0.25, -0.2) is 0 Å². The molecule has 9 heavy (non-hydrogen) atoms. The first-order valence-electron chi connectivity index (χ1n) is 3.54. The van der Waals surface area contributed by atoms with Crippen molar-refractivity contribution >= 4 is 5.78 Å². The number of hydrogen-bond donors (Lipinski definition) is 0.